The Morgan fingerprint density at radius 2 is 2.03 bits per heavy atom. The summed E-state index contributed by atoms with van der Waals surface area (Å²) >= 11 is 0. The van der Waals surface area contributed by atoms with E-state index in [9.17, 15) is 19.2 Å². The van der Waals surface area contributed by atoms with Gasteiger partial charge in [0.15, 0.2) is 0 Å². The van der Waals surface area contributed by atoms with Crippen molar-refractivity contribution in [3.8, 4) is 6.07 Å². The number of nitrogens with zero attached hydrogens (tertiary/aromatic N) is 6. The van der Waals surface area contributed by atoms with Crippen LogP contribution in [0.15, 0.2) is 24.7 Å². The van der Waals surface area contributed by atoms with E-state index >= 15 is 0 Å². The topological polar surface area (TPSA) is 140 Å². The largest absolute Gasteiger partial charge is 0.321 e. The first-order chi connectivity index (χ1) is 14.9. The lowest BCUT2D eigenvalue weighted by atomic mass is 9.83. The number of hydrogen-bond acceptors (Lipinski definition) is 8. The van der Waals surface area contributed by atoms with Crippen molar-refractivity contribution in [1.82, 2.24) is 19.7 Å². The fourth-order valence-electron chi connectivity index (χ4n) is 4.56. The van der Waals surface area contributed by atoms with Gasteiger partial charge >= 0.3 is 0 Å². The van der Waals surface area contributed by atoms with Gasteiger partial charge in [0.1, 0.15) is 11.2 Å². The van der Waals surface area contributed by atoms with Crippen LogP contribution in [0.2, 0.25) is 0 Å². The van der Waals surface area contributed by atoms with Crippen LogP contribution in [0.5, 0.6) is 0 Å². The Morgan fingerprint density at radius 1 is 1.26 bits per heavy atom. The van der Waals surface area contributed by atoms with Crippen molar-refractivity contribution >= 4 is 34.0 Å². The minimum absolute atomic E-state index is 0.131. The molecule has 164 valence electrons. The summed E-state index contributed by atoms with van der Waals surface area (Å²) in [6.45, 7) is 0.484. The van der Waals surface area contributed by atoms with Crippen molar-refractivity contribution in [1.29, 1.82) is 5.26 Å². The number of hydrogen-bond donors (Lipinski definition) is 3. The molecule has 2 saturated heterocycles. The first kappa shape index (κ1) is 20.2. The molecule has 0 spiro atoms. The molecule has 31 heavy (non-hydrogen) atoms. The minimum atomic E-state index is -2.42. The second kappa shape index (κ2) is 7.47. The summed E-state index contributed by atoms with van der Waals surface area (Å²) in [6.07, 6.45) is 8.89. The Bertz CT molecular complexity index is 1040. The number of carbonyl (C=O) groups is 1. The molecule has 3 fully saturated rings. The third-order valence-electron chi connectivity index (χ3n) is 6.54. The van der Waals surface area contributed by atoms with Gasteiger partial charge in [-0.3, -0.25) is 23.5 Å². The van der Waals surface area contributed by atoms with Crippen LogP contribution in [-0.4, -0.2) is 52.8 Å². The zero-order valence-corrected chi connectivity index (χ0v) is 17.8. The number of rotatable bonds is 5. The molecule has 0 radical (unpaired) electrons. The van der Waals surface area contributed by atoms with E-state index in [4.69, 9.17) is 0 Å². The summed E-state index contributed by atoms with van der Waals surface area (Å²) in [5, 5.41) is 17.2. The van der Waals surface area contributed by atoms with Crippen molar-refractivity contribution in [2.24, 2.45) is 11.3 Å². The van der Waals surface area contributed by atoms with Gasteiger partial charge in [0.2, 0.25) is 11.9 Å². The maximum atomic E-state index is 13.0. The van der Waals surface area contributed by atoms with Crippen LogP contribution in [-0.2, 0) is 4.79 Å². The Balaban J connectivity index is 1.28. The number of anilines is 3. The first-order valence-electron chi connectivity index (χ1n) is 10.5. The maximum absolute atomic E-state index is 13.0. The molecule has 2 aromatic heterocycles. The molecule has 2 aromatic rings. The molecule has 1 saturated carbocycles. The third-order valence-corrected chi connectivity index (χ3v) is 8.31. The molecule has 1 aliphatic carbocycles. The number of carbonyl (C=O) groups excluding carboxylic acids is 1. The highest BCUT2D eigenvalue weighted by Crippen LogP contribution is 2.51. The van der Waals surface area contributed by atoms with Crippen LogP contribution < -0.4 is 10.2 Å². The van der Waals surface area contributed by atoms with Gasteiger partial charge in [0.25, 0.3) is 0 Å². The van der Waals surface area contributed by atoms with Crippen molar-refractivity contribution < 1.29 is 13.9 Å². The molecule has 5 rings (SSSR count). The summed E-state index contributed by atoms with van der Waals surface area (Å²) in [6, 6.07) is 4.11. The lowest BCUT2D eigenvalue weighted by molar-refractivity contribution is -0.123. The number of aromatic nitrogens is 4. The molecule has 10 nitrogen and oxygen atoms in total. The predicted octanol–water partition coefficient (Wildman–Crippen LogP) is 3.16. The number of amides is 1. The standard InChI is InChI=1S/C20H25N7O3S/c21-13-20(14-1-2-14)6-8-26(18(20)28)17-3-7-22-19(25-17)24-15-11-23-27(12-15)16-4-9-31(29,30)10-5-16/h3,7,11-12,14,16,29-30H,1-2,4-6,8-10H2,(H,22,24,25)/t20-/m1/s1. The average Bonchev–Trinajstić information content (AvgIpc) is 3.42. The minimum Gasteiger partial charge on any atom is -0.321 e. The van der Waals surface area contributed by atoms with Gasteiger partial charge in [-0.05, 0) is 44.1 Å². The predicted molar refractivity (Wildman–Crippen MR) is 116 cm³/mol. The van der Waals surface area contributed by atoms with E-state index in [1.165, 1.54) is 0 Å². The summed E-state index contributed by atoms with van der Waals surface area (Å²) in [5.41, 5.74) is -0.186. The van der Waals surface area contributed by atoms with Crippen LogP contribution in [0, 0.1) is 22.7 Å². The lowest BCUT2D eigenvalue weighted by Gasteiger charge is -2.39. The Morgan fingerprint density at radius 3 is 2.74 bits per heavy atom. The van der Waals surface area contributed by atoms with E-state index in [2.05, 4.69) is 26.5 Å². The molecular weight excluding hydrogens is 418 g/mol. The van der Waals surface area contributed by atoms with E-state index in [-0.39, 0.29) is 17.9 Å². The smallest absolute Gasteiger partial charge is 0.248 e. The zero-order chi connectivity index (χ0) is 21.6. The van der Waals surface area contributed by atoms with Crippen molar-refractivity contribution in [2.75, 3.05) is 28.3 Å². The maximum Gasteiger partial charge on any atom is 0.248 e. The summed E-state index contributed by atoms with van der Waals surface area (Å²) in [5.74, 6) is 1.66. The van der Waals surface area contributed by atoms with Gasteiger partial charge < -0.3 is 5.32 Å². The fraction of sp³-hybridized carbons (Fsp3) is 0.550. The van der Waals surface area contributed by atoms with Gasteiger partial charge in [0.05, 0.1) is 24.0 Å². The molecule has 4 heterocycles. The molecular formula is C20H25N7O3S. The van der Waals surface area contributed by atoms with E-state index in [1.54, 1.807) is 23.4 Å². The quantitative estimate of drug-likeness (QED) is 0.640. The van der Waals surface area contributed by atoms with Crippen LogP contribution in [0.25, 0.3) is 0 Å². The van der Waals surface area contributed by atoms with Crippen molar-refractivity contribution in [3.63, 3.8) is 0 Å². The van der Waals surface area contributed by atoms with Crippen molar-refractivity contribution in [3.05, 3.63) is 24.7 Å². The Kier molecular flexibility index (Phi) is 4.88. The van der Waals surface area contributed by atoms with Gasteiger partial charge in [-0.1, -0.05) is 0 Å². The van der Waals surface area contributed by atoms with Crippen molar-refractivity contribution in [2.45, 2.75) is 38.1 Å². The van der Waals surface area contributed by atoms with E-state index < -0.39 is 16.0 Å². The van der Waals surface area contributed by atoms with Gasteiger partial charge in [-0.15, -0.1) is 0 Å². The second-order valence-electron chi connectivity index (χ2n) is 8.58. The lowest BCUT2D eigenvalue weighted by Crippen LogP contribution is -2.35. The number of nitrogens with one attached hydrogen (secondary N) is 1. The van der Waals surface area contributed by atoms with Gasteiger partial charge in [0, 0.05) is 30.4 Å². The highest BCUT2D eigenvalue weighted by Gasteiger charge is 2.57. The SMILES string of the molecule is N#C[C@@]1(C2CC2)CCN(c2ccnc(Nc3cnn(C4CCS(O)(O)CC4)c3)n2)C1=O. The molecule has 11 heteroatoms. The van der Waals surface area contributed by atoms with Crippen LogP contribution >= 0.6 is 10.6 Å². The molecule has 0 bridgehead atoms. The fourth-order valence-corrected chi connectivity index (χ4v) is 6.06. The molecule has 3 aliphatic rings. The Labute approximate surface area is 181 Å². The summed E-state index contributed by atoms with van der Waals surface area (Å²) < 4.78 is 21.4. The molecule has 0 aromatic carbocycles. The summed E-state index contributed by atoms with van der Waals surface area (Å²) in [7, 11) is -2.42. The highest BCUT2D eigenvalue weighted by molar-refractivity contribution is 8.24. The van der Waals surface area contributed by atoms with Crippen LogP contribution in [0.1, 0.15) is 38.1 Å². The zero-order valence-electron chi connectivity index (χ0n) is 17.0. The Hall–Kier alpha value is -2.68. The second-order valence-corrected chi connectivity index (χ2v) is 11.0. The van der Waals surface area contributed by atoms with Crippen LogP contribution in [0.3, 0.4) is 0 Å². The van der Waals surface area contributed by atoms with Crippen LogP contribution in [0.4, 0.5) is 17.5 Å². The van der Waals surface area contributed by atoms with Gasteiger partial charge in [-0.25, -0.2) is 4.98 Å². The van der Waals surface area contributed by atoms with E-state index in [0.717, 1.165) is 12.8 Å². The highest BCUT2D eigenvalue weighted by atomic mass is 32.3. The molecule has 1 amide bonds. The summed E-state index contributed by atoms with van der Waals surface area (Å²) in [4.78, 5) is 23.4. The number of nitriles is 1. The molecule has 0 unspecified atom stereocenters. The average molecular weight is 444 g/mol. The van der Waals surface area contributed by atoms with Gasteiger partial charge in [-0.2, -0.15) is 25.9 Å². The normalized spacial score (nSPS) is 27.1. The molecule has 3 N–H and O–H groups in total. The monoisotopic (exact) mass is 443 g/mol. The molecule has 2 aliphatic heterocycles. The van der Waals surface area contributed by atoms with E-state index in [0.29, 0.717) is 54.8 Å². The molecule has 1 atom stereocenters. The third kappa shape index (κ3) is 3.75. The van der Waals surface area contributed by atoms with E-state index in [1.807, 2.05) is 10.9 Å². The first-order valence-corrected chi connectivity index (χ1v) is 12.4.